The molecule has 0 aromatic carbocycles. The normalized spacial score (nSPS) is 25.7. The molecule has 1 aliphatic carbocycles. The number of ether oxygens (including phenoxy) is 3. The number of rotatable bonds is 7. The van der Waals surface area contributed by atoms with Crippen molar-refractivity contribution >= 4 is 23.6 Å². The maximum Gasteiger partial charge on any atom is 0.405 e. The number of carbonyl (C=O) groups excluding carboxylic acids is 4. The van der Waals surface area contributed by atoms with Gasteiger partial charge in [-0.05, 0) is 65.6 Å². The maximum atomic E-state index is 13.5. The van der Waals surface area contributed by atoms with E-state index >= 15 is 0 Å². The van der Waals surface area contributed by atoms with E-state index in [2.05, 4.69) is 10.6 Å². The van der Waals surface area contributed by atoms with Gasteiger partial charge in [-0.15, -0.1) is 0 Å². The molecule has 0 aromatic rings. The number of allylic oxidation sites excluding steroid dienone is 5. The summed E-state index contributed by atoms with van der Waals surface area (Å²) in [7, 11) is 6.96. The average Bonchev–Trinajstić information content (AvgIpc) is 2.97. The lowest BCUT2D eigenvalue weighted by molar-refractivity contribution is -0.120. The summed E-state index contributed by atoms with van der Waals surface area (Å²) in [5.74, 6) is -1.27. The summed E-state index contributed by atoms with van der Waals surface area (Å²) in [6.45, 7) is 8.58. The summed E-state index contributed by atoms with van der Waals surface area (Å²) < 4.78 is 16.6. The summed E-state index contributed by atoms with van der Waals surface area (Å²) in [4.78, 5) is 53.1. The van der Waals surface area contributed by atoms with Crippen LogP contribution in [0.2, 0.25) is 0 Å². The zero-order chi connectivity index (χ0) is 32.5. The molecule has 43 heavy (non-hydrogen) atoms. The Hall–Kier alpha value is -3.54. The SMILES string of the molecule is CC.COC1CC/C=C(\C)C(OC(N)=O)C(OC)/C=C\C=C(/C)C(=O)NC2=CC(=O)C(NCCN(C)C)=C(CCC1)C2=O. The first kappa shape index (κ1) is 37.5. The predicted octanol–water partition coefficient (Wildman–Crippen LogP) is 3.48. The number of primary amides is 1. The highest BCUT2D eigenvalue weighted by Gasteiger charge is 2.30. The molecule has 0 saturated carbocycles. The quantitative estimate of drug-likeness (QED) is 0.294. The Bertz CT molecular complexity index is 1130. The first-order chi connectivity index (χ1) is 20.5. The Labute approximate surface area is 256 Å². The lowest BCUT2D eigenvalue weighted by atomic mass is 9.91. The van der Waals surface area contributed by atoms with Gasteiger partial charge in [0.2, 0.25) is 11.6 Å². The number of hydrogen-bond acceptors (Lipinski definition) is 9. The van der Waals surface area contributed by atoms with Crippen LogP contribution < -0.4 is 16.4 Å². The lowest BCUT2D eigenvalue weighted by Gasteiger charge is -2.24. The van der Waals surface area contributed by atoms with Crippen LogP contribution in [-0.4, -0.2) is 88.2 Å². The van der Waals surface area contributed by atoms with Crippen LogP contribution in [-0.2, 0) is 28.6 Å². The van der Waals surface area contributed by atoms with E-state index in [-0.39, 0.29) is 34.6 Å². The van der Waals surface area contributed by atoms with Crippen LogP contribution in [0.3, 0.4) is 0 Å². The largest absolute Gasteiger partial charge is 0.439 e. The van der Waals surface area contributed by atoms with Crippen molar-refractivity contribution < 1.29 is 33.4 Å². The number of Topliss-reactive ketones (excluding diaryl/α,β-unsaturated/α-hetero) is 1. The fourth-order valence-corrected chi connectivity index (χ4v) is 4.58. The second-order valence-electron chi connectivity index (χ2n) is 10.4. The molecule has 1 heterocycles. The number of hydrogen-bond donors (Lipinski definition) is 3. The molecule has 11 heteroatoms. The van der Waals surface area contributed by atoms with Gasteiger partial charge >= 0.3 is 6.09 Å². The van der Waals surface area contributed by atoms with E-state index in [1.165, 1.54) is 13.2 Å². The van der Waals surface area contributed by atoms with Crippen molar-refractivity contribution in [3.05, 3.63) is 58.5 Å². The van der Waals surface area contributed by atoms with Gasteiger partial charge in [0.1, 0.15) is 6.10 Å². The zero-order valence-electron chi connectivity index (χ0n) is 27.0. The van der Waals surface area contributed by atoms with Gasteiger partial charge in [-0.3, -0.25) is 14.4 Å². The number of amides is 2. The van der Waals surface area contributed by atoms with Gasteiger partial charge in [-0.25, -0.2) is 4.79 Å². The van der Waals surface area contributed by atoms with Crippen LogP contribution in [0.15, 0.2) is 58.5 Å². The fraction of sp³-hybridized carbons (Fsp3) is 0.562. The fourth-order valence-electron chi connectivity index (χ4n) is 4.58. The van der Waals surface area contributed by atoms with Gasteiger partial charge in [0.05, 0.1) is 17.5 Å². The number of ketones is 2. The number of methoxy groups -OCH3 is 2. The van der Waals surface area contributed by atoms with E-state index in [1.807, 2.05) is 45.8 Å². The van der Waals surface area contributed by atoms with Crippen LogP contribution in [0, 0.1) is 0 Å². The highest BCUT2D eigenvalue weighted by molar-refractivity contribution is 6.23. The molecule has 3 unspecified atom stereocenters. The first-order valence-electron chi connectivity index (χ1n) is 14.8. The van der Waals surface area contributed by atoms with Crippen molar-refractivity contribution in [3.63, 3.8) is 0 Å². The van der Waals surface area contributed by atoms with E-state index in [1.54, 1.807) is 32.3 Å². The number of nitrogens with zero attached hydrogens (tertiary/aromatic N) is 1. The number of carbonyl (C=O) groups is 4. The Kier molecular flexibility index (Phi) is 17.1. The number of nitrogens with one attached hydrogen (secondary N) is 2. The van der Waals surface area contributed by atoms with Crippen LogP contribution >= 0.6 is 0 Å². The zero-order valence-corrected chi connectivity index (χ0v) is 27.0. The Morgan fingerprint density at radius 1 is 1.12 bits per heavy atom. The molecule has 0 aromatic heterocycles. The Morgan fingerprint density at radius 3 is 2.42 bits per heavy atom. The maximum absolute atomic E-state index is 13.5. The molecule has 2 aliphatic rings. The highest BCUT2D eigenvalue weighted by Crippen LogP contribution is 2.24. The van der Waals surface area contributed by atoms with E-state index < -0.39 is 24.2 Å². The van der Waals surface area contributed by atoms with Gasteiger partial charge in [-0.2, -0.15) is 0 Å². The van der Waals surface area contributed by atoms with Gasteiger partial charge in [0.15, 0.2) is 6.10 Å². The van der Waals surface area contributed by atoms with Gasteiger partial charge in [-0.1, -0.05) is 38.2 Å². The lowest BCUT2D eigenvalue weighted by Crippen LogP contribution is -2.37. The molecule has 11 nitrogen and oxygen atoms in total. The Morgan fingerprint density at radius 2 is 1.81 bits per heavy atom. The average molecular weight is 603 g/mol. The first-order valence-corrected chi connectivity index (χ1v) is 14.8. The summed E-state index contributed by atoms with van der Waals surface area (Å²) in [5, 5.41) is 5.74. The van der Waals surface area contributed by atoms with Crippen molar-refractivity contribution in [2.75, 3.05) is 41.4 Å². The third-order valence-electron chi connectivity index (χ3n) is 6.96. The van der Waals surface area contributed by atoms with Crippen molar-refractivity contribution in [1.82, 2.24) is 15.5 Å². The summed E-state index contributed by atoms with van der Waals surface area (Å²) in [6.07, 6.45) is 8.38. The second-order valence-corrected chi connectivity index (χ2v) is 10.4. The second kappa shape index (κ2) is 19.6. The minimum absolute atomic E-state index is 0.0596. The minimum Gasteiger partial charge on any atom is -0.439 e. The van der Waals surface area contributed by atoms with E-state index in [4.69, 9.17) is 19.9 Å². The van der Waals surface area contributed by atoms with Gasteiger partial charge < -0.3 is 35.5 Å². The summed E-state index contributed by atoms with van der Waals surface area (Å²) in [6, 6.07) is 0. The third kappa shape index (κ3) is 12.3. The smallest absolute Gasteiger partial charge is 0.405 e. The van der Waals surface area contributed by atoms with Crippen molar-refractivity contribution in [3.8, 4) is 0 Å². The molecule has 0 radical (unpaired) electrons. The van der Waals surface area contributed by atoms with E-state index in [0.717, 1.165) is 5.57 Å². The third-order valence-corrected chi connectivity index (χ3v) is 6.96. The molecule has 4 N–H and O–H groups in total. The molecule has 0 spiro atoms. The topological polar surface area (TPSA) is 149 Å². The van der Waals surface area contributed by atoms with Crippen molar-refractivity contribution in [2.24, 2.45) is 5.73 Å². The molecule has 2 rings (SSSR count). The minimum atomic E-state index is -0.930. The molecule has 0 fully saturated rings. The van der Waals surface area contributed by atoms with Gasteiger partial charge in [0.25, 0.3) is 5.91 Å². The molecule has 2 bridgehead atoms. The van der Waals surface area contributed by atoms with Crippen molar-refractivity contribution in [1.29, 1.82) is 0 Å². The molecular formula is C32H50N4O7. The van der Waals surface area contributed by atoms with Crippen LogP contribution in [0.1, 0.15) is 59.8 Å². The molecule has 240 valence electrons. The van der Waals surface area contributed by atoms with Crippen LogP contribution in [0.5, 0.6) is 0 Å². The molecular weight excluding hydrogens is 552 g/mol. The number of likely N-dealkylation sites (N-methyl/N-ethyl adjacent to an activating group) is 1. The number of fused-ring (bicyclic) bond motifs is 2. The monoisotopic (exact) mass is 602 g/mol. The van der Waals surface area contributed by atoms with E-state index in [0.29, 0.717) is 50.8 Å². The molecule has 3 atom stereocenters. The standard InChI is InChI=1S/C30H44N4O7.C2H6/c1-19-10-7-12-21(39-5)13-9-14-22-26(32-16-17-34(3)4)24(35)18-23(27(22)36)33-29(37)20(2)11-8-15-25(40-6)28(19)41-30(31)38;1-2/h8,10-11,15,18,21,25,28,32H,7,9,12-14,16-17H2,1-6H3,(H2,31,38)(H,33,37);1-2H3/b15-8-,19-10+,20-11+;. The summed E-state index contributed by atoms with van der Waals surface area (Å²) in [5.41, 5.74) is 6.94. The van der Waals surface area contributed by atoms with Crippen molar-refractivity contribution in [2.45, 2.75) is 78.1 Å². The van der Waals surface area contributed by atoms with E-state index in [9.17, 15) is 19.2 Å². The molecule has 2 amide bonds. The predicted molar refractivity (Wildman–Crippen MR) is 167 cm³/mol. The number of nitrogens with two attached hydrogens (primary N) is 1. The molecule has 0 saturated heterocycles. The molecule has 1 aliphatic heterocycles. The highest BCUT2D eigenvalue weighted by atomic mass is 16.6. The van der Waals surface area contributed by atoms with Gasteiger partial charge in [0, 0.05) is 44.5 Å². The van der Waals surface area contributed by atoms with Crippen LogP contribution in [0.4, 0.5) is 4.79 Å². The van der Waals surface area contributed by atoms with Crippen LogP contribution in [0.25, 0.3) is 0 Å². The Balaban J connectivity index is 0.00000452. The summed E-state index contributed by atoms with van der Waals surface area (Å²) >= 11 is 0.